The average molecular weight is 368 g/mol. The maximum atomic E-state index is 13.3. The maximum absolute atomic E-state index is 13.3. The molecule has 0 atom stereocenters. The van der Waals surface area contributed by atoms with Crippen molar-refractivity contribution in [2.45, 2.75) is 11.3 Å². The molecule has 5 nitrogen and oxygen atoms in total. The van der Waals surface area contributed by atoms with Gasteiger partial charge in [-0.2, -0.15) is 0 Å². The molecule has 1 aromatic carbocycles. The van der Waals surface area contributed by atoms with E-state index in [4.69, 9.17) is 17.3 Å². The van der Waals surface area contributed by atoms with Crippen molar-refractivity contribution in [3.05, 3.63) is 58.5 Å². The molecule has 3 rings (SSSR count). The first-order chi connectivity index (χ1) is 11.4. The van der Waals surface area contributed by atoms with Crippen LogP contribution in [0, 0.1) is 0 Å². The van der Waals surface area contributed by atoms with Crippen LogP contribution in [-0.4, -0.2) is 27.2 Å². The fourth-order valence-electron chi connectivity index (χ4n) is 2.54. The zero-order valence-electron chi connectivity index (χ0n) is 12.6. The van der Waals surface area contributed by atoms with Crippen LogP contribution in [0.3, 0.4) is 0 Å². The number of nitrogens with two attached hydrogens (primary N) is 1. The van der Waals surface area contributed by atoms with Gasteiger partial charge in [0.2, 0.25) is 10.0 Å². The number of fused-ring (bicyclic) bond motifs is 1. The summed E-state index contributed by atoms with van der Waals surface area (Å²) in [4.78, 5) is 4.27. The summed E-state index contributed by atoms with van der Waals surface area (Å²) in [5.74, 6) is -0.257. The van der Waals surface area contributed by atoms with E-state index in [1.807, 2.05) is 0 Å². The van der Waals surface area contributed by atoms with Crippen molar-refractivity contribution in [1.82, 2.24) is 4.72 Å². The van der Waals surface area contributed by atoms with Crippen LogP contribution >= 0.6 is 11.6 Å². The highest BCUT2D eigenvalue weighted by molar-refractivity contribution is 7.89. The lowest BCUT2D eigenvalue weighted by Gasteiger charge is -2.13. The highest BCUT2D eigenvalue weighted by Gasteiger charge is 2.24. The lowest BCUT2D eigenvalue weighted by Crippen LogP contribution is -2.29. The van der Waals surface area contributed by atoms with Gasteiger partial charge in [-0.15, -0.1) is 0 Å². The number of sulfonamides is 1. The third-order valence-corrected chi connectivity index (χ3v) is 5.31. The average Bonchev–Trinajstić information content (AvgIpc) is 2.95. The largest absolute Gasteiger partial charge is 0.329 e. The topological polar surface area (TPSA) is 84.5 Å². The molecule has 1 aromatic rings. The van der Waals surface area contributed by atoms with Crippen LogP contribution in [0.1, 0.15) is 12.0 Å². The van der Waals surface area contributed by atoms with E-state index in [9.17, 15) is 12.8 Å². The third kappa shape index (κ3) is 3.34. The Kier molecular flexibility index (Phi) is 4.69. The van der Waals surface area contributed by atoms with Gasteiger partial charge in [0.25, 0.3) is 0 Å². The maximum Gasteiger partial charge on any atom is 0.240 e. The summed E-state index contributed by atoms with van der Waals surface area (Å²) in [5, 5.41) is 0.285. The standard InChI is InChI=1S/C16H15ClFN3O2S/c17-11-5-10(6-13(7-11)24(22,23)21-4-3-19)15-9-20-16-8-12(18)1-2-14(15)16/h1-2,5-7,9,21H,3-4,8,19H2. The number of allylic oxidation sites excluding steroid dienone is 5. The third-order valence-electron chi connectivity index (χ3n) is 3.65. The number of nitrogens with zero attached hydrogens (tertiary/aromatic N) is 1. The molecule has 0 bridgehead atoms. The summed E-state index contributed by atoms with van der Waals surface area (Å²) in [6.45, 7) is 0.329. The fraction of sp³-hybridized carbons (Fsp3) is 0.188. The molecule has 0 aromatic heterocycles. The van der Waals surface area contributed by atoms with Gasteiger partial charge in [-0.25, -0.2) is 17.5 Å². The minimum absolute atomic E-state index is 0.0472. The number of halogens is 2. The zero-order valence-corrected chi connectivity index (χ0v) is 14.2. The molecule has 1 heterocycles. The van der Waals surface area contributed by atoms with Gasteiger partial charge in [-0.1, -0.05) is 11.6 Å². The Hall–Kier alpha value is -1.80. The second kappa shape index (κ2) is 6.60. The van der Waals surface area contributed by atoms with Gasteiger partial charge in [-0.3, -0.25) is 4.99 Å². The number of nitrogens with one attached hydrogen (secondary N) is 1. The molecule has 24 heavy (non-hydrogen) atoms. The van der Waals surface area contributed by atoms with E-state index in [1.54, 1.807) is 18.3 Å². The van der Waals surface area contributed by atoms with Crippen molar-refractivity contribution < 1.29 is 12.8 Å². The van der Waals surface area contributed by atoms with E-state index in [2.05, 4.69) is 9.71 Å². The molecule has 1 aliphatic carbocycles. The fourth-order valence-corrected chi connectivity index (χ4v) is 3.95. The van der Waals surface area contributed by atoms with Gasteiger partial charge in [0.1, 0.15) is 5.83 Å². The molecule has 0 saturated carbocycles. The first-order valence-electron chi connectivity index (χ1n) is 7.25. The molecule has 0 amide bonds. The van der Waals surface area contributed by atoms with E-state index in [-0.39, 0.29) is 35.3 Å². The van der Waals surface area contributed by atoms with Gasteiger partial charge in [0.05, 0.1) is 10.6 Å². The van der Waals surface area contributed by atoms with E-state index in [1.165, 1.54) is 18.2 Å². The summed E-state index contributed by atoms with van der Waals surface area (Å²) in [5.41, 5.74) is 8.05. The van der Waals surface area contributed by atoms with Crippen LogP contribution in [0.5, 0.6) is 0 Å². The Bertz CT molecular complexity index is 917. The smallest absolute Gasteiger partial charge is 0.240 e. The Morgan fingerprint density at radius 2 is 2.04 bits per heavy atom. The molecule has 0 fully saturated rings. The monoisotopic (exact) mass is 367 g/mol. The van der Waals surface area contributed by atoms with Gasteiger partial charge >= 0.3 is 0 Å². The SMILES string of the molecule is NCCNS(=O)(=O)c1cc(Cl)cc(C2=CN=C3CC(F)=CC=C23)c1. The highest BCUT2D eigenvalue weighted by atomic mass is 35.5. The number of benzene rings is 1. The van der Waals surface area contributed by atoms with Gasteiger partial charge in [0.15, 0.2) is 0 Å². The van der Waals surface area contributed by atoms with Crippen LogP contribution in [0.15, 0.2) is 57.8 Å². The van der Waals surface area contributed by atoms with E-state index >= 15 is 0 Å². The lowest BCUT2D eigenvalue weighted by atomic mass is 9.93. The van der Waals surface area contributed by atoms with Crippen LogP contribution in [0.2, 0.25) is 5.02 Å². The second-order valence-corrected chi connectivity index (χ2v) is 7.55. The molecule has 3 N–H and O–H groups in total. The van der Waals surface area contributed by atoms with E-state index in [0.717, 1.165) is 5.57 Å². The van der Waals surface area contributed by atoms with Crippen LogP contribution in [0.4, 0.5) is 4.39 Å². The summed E-state index contributed by atoms with van der Waals surface area (Å²) in [6.07, 6.45) is 4.76. The minimum Gasteiger partial charge on any atom is -0.329 e. The normalized spacial score (nSPS) is 17.0. The van der Waals surface area contributed by atoms with Crippen molar-refractivity contribution in [3.8, 4) is 0 Å². The van der Waals surface area contributed by atoms with Crippen molar-refractivity contribution in [2.24, 2.45) is 10.7 Å². The summed E-state index contributed by atoms with van der Waals surface area (Å²) in [7, 11) is -3.71. The molecule has 126 valence electrons. The molecule has 0 unspecified atom stereocenters. The van der Waals surface area contributed by atoms with Crippen LogP contribution in [0.25, 0.3) is 5.57 Å². The lowest BCUT2D eigenvalue weighted by molar-refractivity contribution is 0.582. The molecule has 0 radical (unpaired) electrons. The molecule has 0 spiro atoms. The molecule has 2 aliphatic rings. The molecular weight excluding hydrogens is 353 g/mol. The van der Waals surface area contributed by atoms with Crippen molar-refractivity contribution in [3.63, 3.8) is 0 Å². The zero-order chi connectivity index (χ0) is 17.3. The van der Waals surface area contributed by atoms with Crippen molar-refractivity contribution in [2.75, 3.05) is 13.1 Å². The Balaban J connectivity index is 1.99. The Morgan fingerprint density at radius 3 is 2.79 bits per heavy atom. The van der Waals surface area contributed by atoms with Gasteiger partial charge in [-0.05, 0) is 35.9 Å². The highest BCUT2D eigenvalue weighted by Crippen LogP contribution is 2.35. The predicted molar refractivity (Wildman–Crippen MR) is 93.0 cm³/mol. The molecule has 1 aliphatic heterocycles. The molecule has 0 saturated heterocycles. The predicted octanol–water partition coefficient (Wildman–Crippen LogP) is 2.56. The van der Waals surface area contributed by atoms with Crippen molar-refractivity contribution in [1.29, 1.82) is 0 Å². The number of rotatable bonds is 5. The van der Waals surface area contributed by atoms with Crippen molar-refractivity contribution >= 4 is 32.9 Å². The summed E-state index contributed by atoms with van der Waals surface area (Å²) in [6, 6.07) is 4.55. The number of aliphatic imine (C=N–C) groups is 1. The Morgan fingerprint density at radius 1 is 1.25 bits per heavy atom. The second-order valence-electron chi connectivity index (χ2n) is 5.35. The van der Waals surface area contributed by atoms with Gasteiger partial charge in [0, 0.05) is 41.9 Å². The van der Waals surface area contributed by atoms with E-state index < -0.39 is 10.0 Å². The first kappa shape index (κ1) is 17.0. The molecular formula is C16H15ClFN3O2S. The first-order valence-corrected chi connectivity index (χ1v) is 9.11. The number of hydrogen-bond acceptors (Lipinski definition) is 4. The summed E-state index contributed by atoms with van der Waals surface area (Å²) < 4.78 is 40.3. The summed E-state index contributed by atoms with van der Waals surface area (Å²) >= 11 is 6.09. The quantitative estimate of drug-likeness (QED) is 0.838. The van der Waals surface area contributed by atoms with E-state index in [0.29, 0.717) is 16.8 Å². The Labute approximate surface area is 144 Å². The van der Waals surface area contributed by atoms with Crippen LogP contribution < -0.4 is 10.5 Å². The van der Waals surface area contributed by atoms with Gasteiger partial charge < -0.3 is 5.73 Å². The molecule has 8 heteroatoms. The minimum atomic E-state index is -3.71. The van der Waals surface area contributed by atoms with Crippen LogP contribution in [-0.2, 0) is 10.0 Å². The number of hydrogen-bond donors (Lipinski definition) is 2.